The fourth-order valence-electron chi connectivity index (χ4n) is 2.62. The van der Waals surface area contributed by atoms with E-state index in [2.05, 4.69) is 10.1 Å². The van der Waals surface area contributed by atoms with Crippen LogP contribution in [0.4, 0.5) is 0 Å². The average Bonchev–Trinajstić information content (AvgIpc) is 3.14. The number of rotatable bonds is 4. The topological polar surface area (TPSA) is 78.1 Å². The van der Waals surface area contributed by atoms with Crippen LogP contribution in [0, 0.1) is 5.41 Å². The van der Waals surface area contributed by atoms with Crippen molar-refractivity contribution in [1.29, 1.82) is 5.41 Å². The van der Waals surface area contributed by atoms with Crippen LogP contribution >= 0.6 is 46.6 Å². The van der Waals surface area contributed by atoms with Crippen molar-refractivity contribution < 1.29 is 9.53 Å². The molecule has 2 heterocycles. The largest absolute Gasteiger partial charge is 0.487 e. The van der Waals surface area contributed by atoms with E-state index in [0.29, 0.717) is 31.5 Å². The Morgan fingerprint density at radius 2 is 1.97 bits per heavy atom. The highest BCUT2D eigenvalue weighted by Gasteiger charge is 2.32. The number of amides is 1. The van der Waals surface area contributed by atoms with Crippen molar-refractivity contribution in [2.75, 3.05) is 0 Å². The maximum absolute atomic E-state index is 12.2. The smallest absolute Gasteiger partial charge is 0.283 e. The quantitative estimate of drug-likeness (QED) is 0.607. The molecule has 1 amide bonds. The molecule has 6 nitrogen and oxygen atoms in total. The van der Waals surface area contributed by atoms with Gasteiger partial charge in [-0.25, -0.2) is 0 Å². The van der Waals surface area contributed by atoms with Crippen molar-refractivity contribution in [2.24, 2.45) is 10.1 Å². The molecule has 10 heteroatoms. The number of benzene rings is 2. The van der Waals surface area contributed by atoms with Gasteiger partial charge in [0.15, 0.2) is 11.0 Å². The average molecular weight is 466 g/mol. The van der Waals surface area contributed by atoms with Gasteiger partial charge in [-0.3, -0.25) is 10.2 Å². The van der Waals surface area contributed by atoms with Gasteiger partial charge in [0.25, 0.3) is 5.91 Å². The Hall–Kier alpha value is -2.32. The zero-order valence-electron chi connectivity index (χ0n) is 14.5. The molecule has 2 aromatic rings. The first-order valence-corrected chi connectivity index (χ1v) is 10.2. The summed E-state index contributed by atoms with van der Waals surface area (Å²) in [6, 6.07) is 10.2. The van der Waals surface area contributed by atoms with Gasteiger partial charge in [-0.1, -0.05) is 46.9 Å². The Balaban J connectivity index is 1.53. The van der Waals surface area contributed by atoms with E-state index in [1.54, 1.807) is 42.5 Å². The Morgan fingerprint density at radius 3 is 2.72 bits per heavy atom. The number of ether oxygens (including phenoxy) is 1. The molecule has 4 rings (SSSR count). The summed E-state index contributed by atoms with van der Waals surface area (Å²) in [7, 11) is 0. The third-order valence-electron chi connectivity index (χ3n) is 4.06. The van der Waals surface area contributed by atoms with Crippen LogP contribution in [-0.4, -0.2) is 27.5 Å². The summed E-state index contributed by atoms with van der Waals surface area (Å²) in [4.78, 5) is 16.2. The molecular weight excluding hydrogens is 455 g/mol. The zero-order valence-corrected chi connectivity index (χ0v) is 17.6. The second-order valence-electron chi connectivity index (χ2n) is 5.97. The van der Waals surface area contributed by atoms with Crippen LogP contribution < -0.4 is 4.74 Å². The maximum atomic E-state index is 12.2. The number of hydrogen-bond donors (Lipinski definition) is 1. The van der Waals surface area contributed by atoms with E-state index in [0.717, 1.165) is 5.56 Å². The third-order valence-corrected chi connectivity index (χ3v) is 5.62. The van der Waals surface area contributed by atoms with Crippen LogP contribution in [-0.2, 0) is 11.4 Å². The molecule has 0 spiro atoms. The van der Waals surface area contributed by atoms with Crippen LogP contribution in [0.3, 0.4) is 0 Å². The monoisotopic (exact) mass is 464 g/mol. The molecule has 146 valence electrons. The molecule has 0 atom stereocenters. The lowest BCUT2D eigenvalue weighted by molar-refractivity contribution is -0.114. The molecule has 0 fully saturated rings. The molecule has 1 N–H and O–H groups in total. The first kappa shape index (κ1) is 20.0. The number of fused-ring (bicyclic) bond motifs is 1. The summed E-state index contributed by atoms with van der Waals surface area (Å²) in [5.41, 5.74) is 3.07. The number of nitrogens with one attached hydrogen (secondary N) is 1. The first-order chi connectivity index (χ1) is 13.9. The normalized spacial score (nSPS) is 17.0. The van der Waals surface area contributed by atoms with Gasteiger partial charge in [0.2, 0.25) is 0 Å². The van der Waals surface area contributed by atoms with E-state index in [-0.39, 0.29) is 18.0 Å². The second kappa shape index (κ2) is 8.20. The lowest BCUT2D eigenvalue weighted by Crippen LogP contribution is -2.35. The molecule has 0 radical (unpaired) electrons. The molecule has 0 aliphatic carbocycles. The Bertz CT molecular complexity index is 1130. The standard InChI is InChI=1S/C19H11Cl3N4O2S/c20-12-3-2-11(14(21)7-12)8-28-16-4-1-10(6-15(16)22)5-13-17(23)26-19(25-18(13)27)29-9-24-26/h1-7,9,23H,8H2. The third kappa shape index (κ3) is 4.18. The SMILES string of the molecule is N=C1C(=Cc2ccc(OCc3ccc(Cl)cc3Cl)c(Cl)c2)C(=O)N=C2SC=NN12. The van der Waals surface area contributed by atoms with Gasteiger partial charge in [0.05, 0.1) is 16.1 Å². The van der Waals surface area contributed by atoms with Gasteiger partial charge < -0.3 is 4.74 Å². The number of aliphatic imine (C=N–C) groups is 1. The van der Waals surface area contributed by atoms with Crippen LogP contribution in [0.25, 0.3) is 6.08 Å². The molecule has 2 aliphatic heterocycles. The van der Waals surface area contributed by atoms with Gasteiger partial charge in [0.1, 0.15) is 12.4 Å². The summed E-state index contributed by atoms with van der Waals surface area (Å²) in [6.07, 6.45) is 1.55. The summed E-state index contributed by atoms with van der Waals surface area (Å²) in [6.45, 7) is 0.224. The Morgan fingerprint density at radius 1 is 1.14 bits per heavy atom. The van der Waals surface area contributed by atoms with E-state index in [1.807, 2.05) is 0 Å². The number of carbonyl (C=O) groups excluding carboxylic acids is 1. The van der Waals surface area contributed by atoms with Crippen molar-refractivity contribution in [2.45, 2.75) is 6.61 Å². The van der Waals surface area contributed by atoms with Crippen molar-refractivity contribution in [3.8, 4) is 5.75 Å². The Labute approximate surface area is 185 Å². The highest BCUT2D eigenvalue weighted by molar-refractivity contribution is 8.25. The van der Waals surface area contributed by atoms with E-state index in [9.17, 15) is 4.79 Å². The first-order valence-electron chi connectivity index (χ1n) is 8.21. The number of nitrogens with zero attached hydrogens (tertiary/aromatic N) is 3. The van der Waals surface area contributed by atoms with Gasteiger partial charge in [-0.05, 0) is 47.7 Å². The van der Waals surface area contributed by atoms with Crippen LogP contribution in [0.2, 0.25) is 15.1 Å². The molecule has 2 aromatic carbocycles. The second-order valence-corrected chi connectivity index (χ2v) is 8.03. The summed E-state index contributed by atoms with van der Waals surface area (Å²) in [5, 5.41) is 15.3. The summed E-state index contributed by atoms with van der Waals surface area (Å²) >= 11 is 19.6. The molecule has 2 aliphatic rings. The maximum Gasteiger partial charge on any atom is 0.283 e. The van der Waals surface area contributed by atoms with E-state index in [1.165, 1.54) is 22.3 Å². The molecule has 0 saturated carbocycles. The fraction of sp³-hybridized carbons (Fsp3) is 0.0526. The lowest BCUT2D eigenvalue weighted by Gasteiger charge is -2.20. The van der Waals surface area contributed by atoms with Crippen molar-refractivity contribution in [3.05, 3.63) is 68.2 Å². The lowest BCUT2D eigenvalue weighted by atomic mass is 10.1. The van der Waals surface area contributed by atoms with Crippen LogP contribution in [0.5, 0.6) is 5.75 Å². The van der Waals surface area contributed by atoms with Crippen molar-refractivity contribution in [3.63, 3.8) is 0 Å². The van der Waals surface area contributed by atoms with Gasteiger partial charge in [0, 0.05) is 15.6 Å². The molecule has 0 aromatic heterocycles. The molecule has 29 heavy (non-hydrogen) atoms. The van der Waals surface area contributed by atoms with Gasteiger partial charge in [-0.15, -0.1) is 0 Å². The highest BCUT2D eigenvalue weighted by Crippen LogP contribution is 2.30. The fourth-order valence-corrected chi connectivity index (χ4v) is 3.94. The van der Waals surface area contributed by atoms with E-state index >= 15 is 0 Å². The minimum Gasteiger partial charge on any atom is -0.487 e. The molecule has 0 saturated heterocycles. The minimum absolute atomic E-state index is 0.0323. The molecule has 0 unspecified atom stereocenters. The van der Waals surface area contributed by atoms with Crippen LogP contribution in [0.1, 0.15) is 11.1 Å². The predicted molar refractivity (Wildman–Crippen MR) is 118 cm³/mol. The summed E-state index contributed by atoms with van der Waals surface area (Å²) in [5.74, 6) is -0.0612. The molecular formula is C19H11Cl3N4O2S. The number of thioether (sulfide) groups is 1. The molecule has 0 bridgehead atoms. The number of hydrazone groups is 1. The van der Waals surface area contributed by atoms with Crippen LogP contribution in [0.15, 0.2) is 52.1 Å². The minimum atomic E-state index is -0.493. The van der Waals surface area contributed by atoms with Gasteiger partial charge in [-0.2, -0.15) is 15.1 Å². The van der Waals surface area contributed by atoms with E-state index < -0.39 is 5.91 Å². The summed E-state index contributed by atoms with van der Waals surface area (Å²) < 4.78 is 5.75. The zero-order chi connectivity index (χ0) is 20.5. The number of carbonyl (C=O) groups is 1. The van der Waals surface area contributed by atoms with Gasteiger partial charge >= 0.3 is 0 Å². The predicted octanol–water partition coefficient (Wildman–Crippen LogP) is 5.47. The van der Waals surface area contributed by atoms with Crippen molar-refractivity contribution in [1.82, 2.24) is 5.01 Å². The number of halogens is 3. The number of hydrogen-bond acceptors (Lipinski definition) is 5. The van der Waals surface area contributed by atoms with E-state index in [4.69, 9.17) is 44.9 Å². The number of amidine groups is 2. The highest BCUT2D eigenvalue weighted by atomic mass is 35.5. The van der Waals surface area contributed by atoms with Crippen molar-refractivity contribution >= 4 is 75.1 Å². The Kier molecular flexibility index (Phi) is 5.65.